The van der Waals surface area contributed by atoms with Gasteiger partial charge in [-0.05, 0) is 30.5 Å². The van der Waals surface area contributed by atoms with E-state index in [-0.39, 0.29) is 0 Å². The van der Waals surface area contributed by atoms with Gasteiger partial charge in [0.2, 0.25) is 0 Å². The van der Waals surface area contributed by atoms with Crippen molar-refractivity contribution in [1.82, 2.24) is 0 Å². The van der Waals surface area contributed by atoms with Crippen LogP contribution >= 0.6 is 11.8 Å². The maximum atomic E-state index is 5.76. The molecule has 1 aromatic carbocycles. The summed E-state index contributed by atoms with van der Waals surface area (Å²) in [5, 5.41) is 0. The Balaban J connectivity index is 2.14. The standard InChI is InChI=1S/C13H15NO2S/c1-17-13-6-2-5-12(11(13)8-14)16-9-10-4-3-7-15-10/h2-7H,8-9,14H2,1H3. The molecule has 0 amide bonds. The van der Waals surface area contributed by atoms with Gasteiger partial charge in [0.25, 0.3) is 0 Å². The predicted octanol–water partition coefficient (Wildman–Crippen LogP) is 3.04. The number of benzene rings is 1. The molecule has 1 heterocycles. The Labute approximate surface area is 105 Å². The summed E-state index contributed by atoms with van der Waals surface area (Å²) < 4.78 is 11.0. The zero-order valence-electron chi connectivity index (χ0n) is 9.68. The van der Waals surface area contributed by atoms with Crippen molar-refractivity contribution in [3.8, 4) is 5.75 Å². The van der Waals surface area contributed by atoms with E-state index < -0.39 is 0 Å². The van der Waals surface area contributed by atoms with E-state index in [4.69, 9.17) is 14.9 Å². The first-order valence-corrected chi connectivity index (χ1v) is 6.58. The van der Waals surface area contributed by atoms with Crippen molar-refractivity contribution in [3.63, 3.8) is 0 Å². The predicted molar refractivity (Wildman–Crippen MR) is 69.2 cm³/mol. The van der Waals surface area contributed by atoms with E-state index in [1.165, 1.54) is 0 Å². The van der Waals surface area contributed by atoms with Gasteiger partial charge in [-0.3, -0.25) is 0 Å². The van der Waals surface area contributed by atoms with Crippen LogP contribution in [-0.2, 0) is 13.2 Å². The van der Waals surface area contributed by atoms with E-state index in [1.807, 2.05) is 36.6 Å². The Morgan fingerprint density at radius 1 is 1.29 bits per heavy atom. The lowest BCUT2D eigenvalue weighted by Crippen LogP contribution is -2.03. The van der Waals surface area contributed by atoms with Crippen LogP contribution in [0.5, 0.6) is 5.75 Å². The van der Waals surface area contributed by atoms with Gasteiger partial charge >= 0.3 is 0 Å². The van der Waals surface area contributed by atoms with Gasteiger partial charge in [0.05, 0.1) is 6.26 Å². The highest BCUT2D eigenvalue weighted by Crippen LogP contribution is 2.28. The van der Waals surface area contributed by atoms with Gasteiger partial charge in [-0.1, -0.05) is 6.07 Å². The topological polar surface area (TPSA) is 48.4 Å². The third-order valence-corrected chi connectivity index (χ3v) is 3.29. The van der Waals surface area contributed by atoms with Crippen LogP contribution in [-0.4, -0.2) is 6.26 Å². The van der Waals surface area contributed by atoms with Crippen LogP contribution in [0, 0.1) is 0 Å². The number of ether oxygens (including phenoxy) is 1. The molecule has 0 saturated heterocycles. The van der Waals surface area contributed by atoms with Crippen LogP contribution < -0.4 is 10.5 Å². The van der Waals surface area contributed by atoms with Crippen LogP contribution in [0.1, 0.15) is 11.3 Å². The van der Waals surface area contributed by atoms with E-state index in [9.17, 15) is 0 Å². The number of rotatable bonds is 5. The summed E-state index contributed by atoms with van der Waals surface area (Å²) in [6.45, 7) is 0.905. The molecule has 17 heavy (non-hydrogen) atoms. The molecule has 0 spiro atoms. The third kappa shape index (κ3) is 2.84. The second-order valence-electron chi connectivity index (χ2n) is 3.51. The largest absolute Gasteiger partial charge is 0.485 e. The summed E-state index contributed by atoms with van der Waals surface area (Å²) in [5.74, 6) is 1.64. The normalized spacial score (nSPS) is 10.5. The smallest absolute Gasteiger partial charge is 0.146 e. The lowest BCUT2D eigenvalue weighted by Gasteiger charge is -2.12. The monoisotopic (exact) mass is 249 g/mol. The fourth-order valence-corrected chi connectivity index (χ4v) is 2.26. The summed E-state index contributed by atoms with van der Waals surface area (Å²) in [4.78, 5) is 1.16. The highest BCUT2D eigenvalue weighted by molar-refractivity contribution is 7.98. The summed E-state index contributed by atoms with van der Waals surface area (Å²) in [6.07, 6.45) is 3.67. The van der Waals surface area contributed by atoms with Gasteiger partial charge < -0.3 is 14.9 Å². The Hall–Kier alpha value is -1.39. The minimum atomic E-state index is 0.428. The van der Waals surface area contributed by atoms with Crippen molar-refractivity contribution in [3.05, 3.63) is 47.9 Å². The summed E-state index contributed by atoms with van der Waals surface area (Å²) >= 11 is 1.67. The maximum Gasteiger partial charge on any atom is 0.146 e. The fourth-order valence-electron chi connectivity index (χ4n) is 1.62. The molecule has 3 nitrogen and oxygen atoms in total. The molecule has 0 unspecified atom stereocenters. The van der Waals surface area contributed by atoms with Gasteiger partial charge in [0.1, 0.15) is 18.1 Å². The summed E-state index contributed by atoms with van der Waals surface area (Å²) in [7, 11) is 0. The minimum Gasteiger partial charge on any atom is -0.485 e. The Morgan fingerprint density at radius 2 is 2.18 bits per heavy atom. The van der Waals surface area contributed by atoms with Gasteiger partial charge in [-0.2, -0.15) is 0 Å². The summed E-state index contributed by atoms with van der Waals surface area (Å²) in [5.41, 5.74) is 6.81. The number of nitrogens with two attached hydrogens (primary N) is 1. The zero-order valence-corrected chi connectivity index (χ0v) is 10.5. The van der Waals surface area contributed by atoms with Crippen molar-refractivity contribution in [2.75, 3.05) is 6.26 Å². The second kappa shape index (κ2) is 5.80. The molecule has 0 aliphatic carbocycles. The lowest BCUT2D eigenvalue weighted by molar-refractivity contribution is 0.267. The van der Waals surface area contributed by atoms with Gasteiger partial charge in [-0.15, -0.1) is 11.8 Å². The first-order chi connectivity index (χ1) is 8.35. The average molecular weight is 249 g/mol. The molecule has 0 atom stereocenters. The van der Waals surface area contributed by atoms with E-state index >= 15 is 0 Å². The SMILES string of the molecule is CSc1cccc(OCc2ccco2)c1CN. The van der Waals surface area contributed by atoms with Crippen LogP contribution in [0.2, 0.25) is 0 Å². The average Bonchev–Trinajstić information content (AvgIpc) is 2.88. The molecule has 0 aliphatic rings. The van der Waals surface area contributed by atoms with E-state index in [2.05, 4.69) is 0 Å². The molecule has 0 fully saturated rings. The van der Waals surface area contributed by atoms with Crippen molar-refractivity contribution in [1.29, 1.82) is 0 Å². The molecule has 2 aromatic rings. The highest BCUT2D eigenvalue weighted by atomic mass is 32.2. The van der Waals surface area contributed by atoms with E-state index in [0.717, 1.165) is 22.0 Å². The van der Waals surface area contributed by atoms with E-state index in [0.29, 0.717) is 13.2 Å². The van der Waals surface area contributed by atoms with Crippen LogP contribution in [0.25, 0.3) is 0 Å². The van der Waals surface area contributed by atoms with Crippen LogP contribution in [0.3, 0.4) is 0 Å². The molecule has 2 rings (SSSR count). The van der Waals surface area contributed by atoms with Gasteiger partial charge in [0, 0.05) is 17.0 Å². The van der Waals surface area contributed by atoms with Gasteiger partial charge in [-0.25, -0.2) is 0 Å². The lowest BCUT2D eigenvalue weighted by atomic mass is 10.2. The summed E-state index contributed by atoms with van der Waals surface area (Å²) in [6, 6.07) is 9.70. The molecule has 0 radical (unpaired) electrons. The molecule has 2 N–H and O–H groups in total. The van der Waals surface area contributed by atoms with Crippen molar-refractivity contribution >= 4 is 11.8 Å². The Kier molecular flexibility index (Phi) is 4.12. The molecule has 0 saturated carbocycles. The number of hydrogen-bond donors (Lipinski definition) is 1. The molecule has 90 valence electrons. The quantitative estimate of drug-likeness (QED) is 0.827. The number of furan rings is 1. The number of thioether (sulfide) groups is 1. The fraction of sp³-hybridized carbons (Fsp3) is 0.231. The van der Waals surface area contributed by atoms with Gasteiger partial charge in [0.15, 0.2) is 0 Å². The molecule has 4 heteroatoms. The molecular weight excluding hydrogens is 234 g/mol. The van der Waals surface area contributed by atoms with Crippen molar-refractivity contribution in [2.45, 2.75) is 18.0 Å². The van der Waals surface area contributed by atoms with Crippen molar-refractivity contribution < 1.29 is 9.15 Å². The van der Waals surface area contributed by atoms with E-state index in [1.54, 1.807) is 18.0 Å². The zero-order chi connectivity index (χ0) is 12.1. The first-order valence-electron chi connectivity index (χ1n) is 5.36. The first kappa shape index (κ1) is 12.1. The molecule has 0 aliphatic heterocycles. The third-order valence-electron chi connectivity index (χ3n) is 2.46. The Morgan fingerprint density at radius 3 is 2.82 bits per heavy atom. The second-order valence-corrected chi connectivity index (χ2v) is 4.36. The Bertz CT molecular complexity index is 468. The van der Waals surface area contributed by atoms with Crippen LogP contribution in [0.4, 0.5) is 0 Å². The molecule has 0 bridgehead atoms. The highest BCUT2D eigenvalue weighted by Gasteiger charge is 2.08. The van der Waals surface area contributed by atoms with Crippen LogP contribution in [0.15, 0.2) is 45.9 Å². The number of hydrogen-bond acceptors (Lipinski definition) is 4. The molecular formula is C13H15NO2S. The van der Waals surface area contributed by atoms with Crippen molar-refractivity contribution in [2.24, 2.45) is 5.73 Å². The minimum absolute atomic E-state index is 0.428. The maximum absolute atomic E-state index is 5.76. The molecule has 1 aromatic heterocycles.